The highest BCUT2D eigenvalue weighted by atomic mass is 16.2. The maximum absolute atomic E-state index is 13.1. The number of carbonyl (C=O) groups excluding carboxylic acids is 2. The van der Waals surface area contributed by atoms with E-state index in [0.29, 0.717) is 23.9 Å². The maximum Gasteiger partial charge on any atom is 0.277 e. The predicted octanol–water partition coefficient (Wildman–Crippen LogP) is 2.51. The summed E-state index contributed by atoms with van der Waals surface area (Å²) in [4.78, 5) is 31.9. The Morgan fingerprint density at radius 1 is 1.08 bits per heavy atom. The van der Waals surface area contributed by atoms with Crippen molar-refractivity contribution in [3.05, 3.63) is 41.1 Å². The van der Waals surface area contributed by atoms with Crippen molar-refractivity contribution in [3.8, 4) is 0 Å². The van der Waals surface area contributed by atoms with Gasteiger partial charge in [-0.25, -0.2) is 0 Å². The number of likely N-dealkylation sites (N-methyl/N-ethyl adjacent to an activating group) is 1. The first kappa shape index (κ1) is 18.6. The third-order valence-corrected chi connectivity index (χ3v) is 5.52. The minimum absolute atomic E-state index is 0.145. The van der Waals surface area contributed by atoms with E-state index in [1.165, 1.54) is 4.90 Å². The van der Waals surface area contributed by atoms with Gasteiger partial charge in [-0.1, -0.05) is 36.8 Å². The largest absolute Gasteiger partial charge is 0.366 e. The van der Waals surface area contributed by atoms with E-state index >= 15 is 0 Å². The highest BCUT2D eigenvalue weighted by molar-refractivity contribution is 6.35. The first-order valence-electron chi connectivity index (χ1n) is 9.53. The van der Waals surface area contributed by atoms with Crippen LogP contribution in [-0.2, 0) is 9.59 Å². The Kier molecular flexibility index (Phi) is 5.47. The number of benzene rings is 1. The minimum Gasteiger partial charge on any atom is -0.366 e. The van der Waals surface area contributed by atoms with E-state index in [2.05, 4.69) is 16.8 Å². The molecule has 5 heteroatoms. The molecule has 0 unspecified atom stereocenters. The third-order valence-electron chi connectivity index (χ3n) is 5.52. The molecule has 0 N–H and O–H groups in total. The number of rotatable bonds is 5. The number of amides is 2. The van der Waals surface area contributed by atoms with E-state index in [1.807, 2.05) is 45.2 Å². The molecule has 2 aliphatic rings. The summed E-state index contributed by atoms with van der Waals surface area (Å²) in [6.45, 7) is 6.52. The van der Waals surface area contributed by atoms with Crippen LogP contribution in [0.2, 0.25) is 0 Å². The average molecular weight is 355 g/mol. The lowest BCUT2D eigenvalue weighted by atomic mass is 9.99. The van der Waals surface area contributed by atoms with Crippen LogP contribution in [0.15, 0.2) is 30.0 Å². The Hall–Kier alpha value is -2.14. The number of likely N-dealkylation sites (tertiary alicyclic amines) is 1. The van der Waals surface area contributed by atoms with Crippen molar-refractivity contribution in [2.24, 2.45) is 0 Å². The lowest BCUT2D eigenvalue weighted by Gasteiger charge is -2.36. The molecule has 1 aromatic rings. The van der Waals surface area contributed by atoms with Crippen LogP contribution in [0.25, 0.3) is 5.57 Å². The number of hydrogen-bond donors (Lipinski definition) is 0. The fraction of sp³-hybridized carbons (Fsp3) is 0.524. The molecule has 0 aliphatic carbocycles. The standard InChI is InChI=1S/C21H29N3O2/c1-5-12-24-20(25)18(16-8-6-15(2)7-9-16)19(21(24)26)23(4)17-10-13-22(3)14-11-17/h6-9,17H,5,10-14H2,1-4H3. The summed E-state index contributed by atoms with van der Waals surface area (Å²) in [5, 5.41) is 0. The normalized spacial score (nSPS) is 19.6. The third kappa shape index (κ3) is 3.40. The van der Waals surface area contributed by atoms with Gasteiger partial charge in [0.1, 0.15) is 5.70 Å². The Bertz CT molecular complexity index is 715. The SMILES string of the molecule is CCCN1C(=O)C(c2ccc(C)cc2)=C(N(C)C2CCN(C)CC2)C1=O. The molecule has 2 heterocycles. The van der Waals surface area contributed by atoms with Gasteiger partial charge >= 0.3 is 0 Å². The van der Waals surface area contributed by atoms with E-state index < -0.39 is 0 Å². The molecule has 0 saturated carbocycles. The van der Waals surface area contributed by atoms with Gasteiger partial charge in [0.25, 0.3) is 11.8 Å². The van der Waals surface area contributed by atoms with Crippen LogP contribution in [0.5, 0.6) is 0 Å². The molecule has 0 spiro atoms. The first-order valence-corrected chi connectivity index (χ1v) is 9.53. The fourth-order valence-corrected chi connectivity index (χ4v) is 3.86. The van der Waals surface area contributed by atoms with Crippen molar-refractivity contribution in [3.63, 3.8) is 0 Å². The Labute approximate surface area is 156 Å². The van der Waals surface area contributed by atoms with E-state index in [0.717, 1.165) is 43.5 Å². The Morgan fingerprint density at radius 3 is 2.27 bits per heavy atom. The van der Waals surface area contributed by atoms with E-state index in [-0.39, 0.29) is 11.8 Å². The van der Waals surface area contributed by atoms with Gasteiger partial charge in [-0.3, -0.25) is 14.5 Å². The van der Waals surface area contributed by atoms with Crippen molar-refractivity contribution < 1.29 is 9.59 Å². The van der Waals surface area contributed by atoms with Crippen LogP contribution in [-0.4, -0.2) is 66.3 Å². The van der Waals surface area contributed by atoms with Crippen molar-refractivity contribution in [2.75, 3.05) is 33.7 Å². The predicted molar refractivity (Wildman–Crippen MR) is 103 cm³/mol. The topological polar surface area (TPSA) is 43.9 Å². The summed E-state index contributed by atoms with van der Waals surface area (Å²) in [5.74, 6) is -0.302. The van der Waals surface area contributed by atoms with Crippen LogP contribution >= 0.6 is 0 Å². The van der Waals surface area contributed by atoms with E-state index in [1.54, 1.807) is 0 Å². The summed E-state index contributed by atoms with van der Waals surface area (Å²) in [7, 11) is 4.10. The fourth-order valence-electron chi connectivity index (χ4n) is 3.86. The van der Waals surface area contributed by atoms with Gasteiger partial charge in [-0.05, 0) is 51.9 Å². The molecular weight excluding hydrogens is 326 g/mol. The number of nitrogens with zero attached hydrogens (tertiary/aromatic N) is 3. The minimum atomic E-state index is -0.157. The number of carbonyl (C=O) groups is 2. The molecule has 2 aliphatic heterocycles. The Morgan fingerprint density at radius 2 is 1.69 bits per heavy atom. The average Bonchev–Trinajstić information content (AvgIpc) is 2.87. The number of piperidine rings is 1. The summed E-state index contributed by atoms with van der Waals surface area (Å²) < 4.78 is 0. The van der Waals surface area contributed by atoms with Crippen molar-refractivity contribution in [1.82, 2.24) is 14.7 Å². The highest BCUT2D eigenvalue weighted by Crippen LogP contribution is 2.33. The number of hydrogen-bond acceptors (Lipinski definition) is 4. The van der Waals surface area contributed by atoms with Crippen molar-refractivity contribution >= 4 is 17.4 Å². The Balaban J connectivity index is 2.00. The summed E-state index contributed by atoms with van der Waals surface area (Å²) in [6.07, 6.45) is 2.78. The van der Waals surface area contributed by atoms with Gasteiger partial charge in [0.15, 0.2) is 0 Å². The zero-order chi connectivity index (χ0) is 18.8. The molecule has 5 nitrogen and oxygen atoms in total. The molecule has 3 rings (SSSR count). The molecule has 1 aromatic carbocycles. The van der Waals surface area contributed by atoms with E-state index in [9.17, 15) is 9.59 Å². The second-order valence-electron chi connectivity index (χ2n) is 7.50. The maximum atomic E-state index is 13.1. The van der Waals surface area contributed by atoms with Crippen LogP contribution in [0.4, 0.5) is 0 Å². The number of imide groups is 1. The second kappa shape index (κ2) is 7.62. The number of aryl methyl sites for hydroxylation is 1. The molecule has 26 heavy (non-hydrogen) atoms. The molecule has 140 valence electrons. The molecule has 2 amide bonds. The first-order chi connectivity index (χ1) is 12.4. The zero-order valence-electron chi connectivity index (χ0n) is 16.3. The summed E-state index contributed by atoms with van der Waals surface area (Å²) in [6, 6.07) is 8.19. The monoisotopic (exact) mass is 355 g/mol. The van der Waals surface area contributed by atoms with Gasteiger partial charge < -0.3 is 9.80 Å². The molecule has 0 bridgehead atoms. The lowest BCUT2D eigenvalue weighted by Crippen LogP contribution is -2.43. The van der Waals surface area contributed by atoms with Crippen molar-refractivity contribution in [1.29, 1.82) is 0 Å². The zero-order valence-corrected chi connectivity index (χ0v) is 16.3. The lowest BCUT2D eigenvalue weighted by molar-refractivity contribution is -0.137. The molecule has 1 saturated heterocycles. The smallest absolute Gasteiger partial charge is 0.277 e. The highest BCUT2D eigenvalue weighted by Gasteiger charge is 2.41. The quantitative estimate of drug-likeness (QED) is 0.762. The van der Waals surface area contributed by atoms with Gasteiger partial charge in [0.2, 0.25) is 0 Å². The molecular formula is C21H29N3O2. The van der Waals surface area contributed by atoms with Crippen LogP contribution in [0, 0.1) is 6.92 Å². The van der Waals surface area contributed by atoms with Crippen LogP contribution in [0.3, 0.4) is 0 Å². The molecule has 0 aromatic heterocycles. The van der Waals surface area contributed by atoms with Gasteiger partial charge in [0.05, 0.1) is 5.57 Å². The molecule has 0 radical (unpaired) electrons. The van der Waals surface area contributed by atoms with Crippen molar-refractivity contribution in [2.45, 2.75) is 39.2 Å². The molecule has 0 atom stereocenters. The van der Waals surface area contributed by atoms with E-state index in [4.69, 9.17) is 0 Å². The molecule has 1 fully saturated rings. The second-order valence-corrected chi connectivity index (χ2v) is 7.50. The van der Waals surface area contributed by atoms with Crippen LogP contribution in [0.1, 0.15) is 37.3 Å². The summed E-state index contributed by atoms with van der Waals surface area (Å²) in [5.41, 5.74) is 3.11. The van der Waals surface area contributed by atoms with Crippen LogP contribution < -0.4 is 0 Å². The van der Waals surface area contributed by atoms with Gasteiger partial charge in [-0.2, -0.15) is 0 Å². The van der Waals surface area contributed by atoms with Gasteiger partial charge in [0, 0.05) is 19.6 Å². The van der Waals surface area contributed by atoms with Gasteiger partial charge in [-0.15, -0.1) is 0 Å². The summed E-state index contributed by atoms with van der Waals surface area (Å²) >= 11 is 0.